The third kappa shape index (κ3) is 182. The van der Waals surface area contributed by atoms with Gasteiger partial charge in [0.05, 0.1) is 0 Å². The first kappa shape index (κ1) is 5.37. The summed E-state index contributed by atoms with van der Waals surface area (Å²) in [7, 11) is -2.34. The van der Waals surface area contributed by atoms with E-state index in [1.165, 1.54) is 9.91 Å². The van der Waals surface area contributed by atoms with Crippen molar-refractivity contribution < 1.29 is 14.4 Å². The lowest BCUT2D eigenvalue weighted by molar-refractivity contribution is 0.395. The van der Waals surface area contributed by atoms with E-state index in [1.807, 2.05) is 0 Å². The Kier molecular flexibility index (Phi) is 1.31. The van der Waals surface area contributed by atoms with Gasteiger partial charge in [0.15, 0.2) is 9.91 Å². The standard InChI is InChI=1S/H3O3PSi/c1-4(2,3)5/h5H,(H2,1,2,3). The summed E-state index contributed by atoms with van der Waals surface area (Å²) in [6.45, 7) is 0. The minimum atomic E-state index is -3.72. The van der Waals surface area contributed by atoms with E-state index in [9.17, 15) is 4.57 Å². The zero-order chi connectivity index (χ0) is 4.50. The lowest BCUT2D eigenvalue weighted by atomic mass is 15.8. The third-order valence-corrected chi connectivity index (χ3v) is 0. The Morgan fingerprint density at radius 1 is 1.60 bits per heavy atom. The maximum Gasteiger partial charge on any atom is 0.284 e. The van der Waals surface area contributed by atoms with Crippen LogP contribution in [0.4, 0.5) is 0 Å². The fourth-order valence-corrected chi connectivity index (χ4v) is 0. The molecule has 2 radical (unpaired) electrons. The summed E-state index contributed by atoms with van der Waals surface area (Å²) in [5.74, 6) is 0. The predicted octanol–water partition coefficient (Wildman–Crippen LogP) is -1.02. The summed E-state index contributed by atoms with van der Waals surface area (Å²) < 4.78 is 9.29. The molecule has 5 heavy (non-hydrogen) atoms. The van der Waals surface area contributed by atoms with Crippen molar-refractivity contribution in [1.29, 1.82) is 0 Å². The van der Waals surface area contributed by atoms with Crippen molar-refractivity contribution in [1.82, 2.24) is 0 Å². The van der Waals surface area contributed by atoms with Crippen LogP contribution in [0.25, 0.3) is 0 Å². The van der Waals surface area contributed by atoms with E-state index >= 15 is 0 Å². The molecule has 3 nitrogen and oxygen atoms in total. The normalized spacial score (nSPS) is 11.8. The molecule has 0 aliphatic carbocycles. The van der Waals surface area contributed by atoms with Crippen molar-refractivity contribution in [2.75, 3.05) is 0 Å². The Labute approximate surface area is 32.4 Å². The van der Waals surface area contributed by atoms with Gasteiger partial charge >= 0.3 is 0 Å². The molecule has 0 heterocycles. The van der Waals surface area contributed by atoms with E-state index in [0.717, 1.165) is 0 Å². The molecule has 0 aliphatic rings. The highest BCUT2D eigenvalue weighted by molar-refractivity contribution is 7.77. The molecule has 0 amide bonds. The highest BCUT2D eigenvalue weighted by atomic mass is 31.4. The highest BCUT2D eigenvalue weighted by Crippen LogP contribution is 2.24. The van der Waals surface area contributed by atoms with Crippen molar-refractivity contribution in [3.8, 4) is 0 Å². The zero-order valence-corrected chi connectivity index (χ0v) is 4.38. The second kappa shape index (κ2) is 1.22. The Morgan fingerprint density at radius 3 is 1.60 bits per heavy atom. The van der Waals surface area contributed by atoms with E-state index in [0.29, 0.717) is 0 Å². The van der Waals surface area contributed by atoms with Crippen molar-refractivity contribution >= 4 is 17.1 Å². The van der Waals surface area contributed by atoms with E-state index in [4.69, 9.17) is 9.79 Å². The van der Waals surface area contributed by atoms with Gasteiger partial charge in [0.25, 0.3) is 7.14 Å². The van der Waals surface area contributed by atoms with Gasteiger partial charge in [-0.3, -0.25) is 4.57 Å². The Hall–Kier alpha value is 0.367. The smallest absolute Gasteiger partial charge is 0.284 e. The van der Waals surface area contributed by atoms with Crippen molar-refractivity contribution in [3.63, 3.8) is 0 Å². The zero-order valence-electron chi connectivity index (χ0n) is 2.33. The van der Waals surface area contributed by atoms with Gasteiger partial charge in [-0.25, -0.2) is 0 Å². The number of hydrogen-bond acceptors (Lipinski definition) is 1. The molecule has 5 heteroatoms. The van der Waals surface area contributed by atoms with Gasteiger partial charge in [-0.2, -0.15) is 0 Å². The molecule has 2 N–H and O–H groups in total. The fraction of sp³-hybridized carbons (Fsp3) is 0. The van der Waals surface area contributed by atoms with Gasteiger partial charge in [-0.05, 0) is 0 Å². The molecule has 0 aromatic heterocycles. The lowest BCUT2D eigenvalue weighted by Crippen LogP contribution is -1.67. The summed E-state index contributed by atoms with van der Waals surface area (Å²) in [6, 6.07) is 0. The molecule has 0 bridgehead atoms. The molecule has 0 fully saturated rings. The fourth-order valence-electron chi connectivity index (χ4n) is 0. The minimum Gasteiger partial charge on any atom is -0.329 e. The molecule has 30 valence electrons. The molecule has 0 aromatic rings. The molecular formula is H3O3PSi. The summed E-state index contributed by atoms with van der Waals surface area (Å²) in [6.07, 6.45) is 0. The predicted molar refractivity (Wildman–Crippen MR) is 19.2 cm³/mol. The number of hydrogen-bond donors (Lipinski definition) is 2. The van der Waals surface area contributed by atoms with Gasteiger partial charge in [-0.15, -0.1) is 0 Å². The summed E-state index contributed by atoms with van der Waals surface area (Å²) in [5.41, 5.74) is 0. The van der Waals surface area contributed by atoms with E-state index < -0.39 is 7.14 Å². The second-order valence-corrected chi connectivity index (χ2v) is 3.79. The van der Waals surface area contributed by atoms with Crippen LogP contribution in [-0.2, 0) is 4.57 Å². The maximum atomic E-state index is 9.29. The van der Waals surface area contributed by atoms with Gasteiger partial charge in [0.2, 0.25) is 0 Å². The minimum absolute atomic E-state index is 1.38. The van der Waals surface area contributed by atoms with Crippen molar-refractivity contribution in [2.24, 2.45) is 0 Å². The first-order valence-electron chi connectivity index (χ1n) is 0.841. The van der Waals surface area contributed by atoms with Gasteiger partial charge < -0.3 is 9.79 Å². The summed E-state index contributed by atoms with van der Waals surface area (Å²) >= 11 is 0. The molecule has 0 aliphatic heterocycles. The quantitative estimate of drug-likeness (QED) is 0.310. The highest BCUT2D eigenvalue weighted by Gasteiger charge is 1.95. The second-order valence-electron chi connectivity index (χ2n) is 0.589. The SMILES string of the molecule is O=P(O)(O)[SiH]. The van der Waals surface area contributed by atoms with E-state index in [1.54, 1.807) is 0 Å². The van der Waals surface area contributed by atoms with Crippen LogP contribution in [0.2, 0.25) is 0 Å². The maximum absolute atomic E-state index is 9.29. The molecule has 0 spiro atoms. The van der Waals surface area contributed by atoms with Crippen LogP contribution < -0.4 is 0 Å². The van der Waals surface area contributed by atoms with Crippen LogP contribution in [0.15, 0.2) is 0 Å². The largest absolute Gasteiger partial charge is 0.329 e. The average molecular weight is 110 g/mol. The van der Waals surface area contributed by atoms with Gasteiger partial charge in [0.1, 0.15) is 0 Å². The van der Waals surface area contributed by atoms with Gasteiger partial charge in [-0.1, -0.05) is 0 Å². The molecule has 0 saturated heterocycles. The van der Waals surface area contributed by atoms with Crippen molar-refractivity contribution in [2.45, 2.75) is 0 Å². The van der Waals surface area contributed by atoms with Crippen LogP contribution in [0.3, 0.4) is 0 Å². The molecule has 0 rings (SSSR count). The lowest BCUT2D eigenvalue weighted by Gasteiger charge is -1.84. The first-order valence-corrected chi connectivity index (χ1v) is 4.07. The molecule has 0 aromatic carbocycles. The molecule has 0 atom stereocenters. The Bertz CT molecular complexity index is 53.0. The average Bonchev–Trinajstić information content (AvgIpc) is 0.722. The van der Waals surface area contributed by atoms with Gasteiger partial charge in [0, 0.05) is 0 Å². The first-order chi connectivity index (χ1) is 2.00. The Morgan fingerprint density at radius 2 is 1.60 bits per heavy atom. The summed E-state index contributed by atoms with van der Waals surface area (Å²) in [4.78, 5) is 15.2. The molecule has 0 unspecified atom stereocenters. The van der Waals surface area contributed by atoms with Crippen LogP contribution in [0.5, 0.6) is 0 Å². The number of rotatable bonds is 0. The third-order valence-electron chi connectivity index (χ3n) is 0. The van der Waals surface area contributed by atoms with E-state index in [-0.39, 0.29) is 0 Å². The van der Waals surface area contributed by atoms with Crippen LogP contribution in [-0.4, -0.2) is 19.7 Å². The van der Waals surface area contributed by atoms with Crippen LogP contribution in [0.1, 0.15) is 0 Å². The van der Waals surface area contributed by atoms with Crippen LogP contribution >= 0.6 is 7.14 Å². The summed E-state index contributed by atoms with van der Waals surface area (Å²) in [5, 5.41) is 0. The molecular weight excluding hydrogens is 107 g/mol. The van der Waals surface area contributed by atoms with Crippen molar-refractivity contribution in [3.05, 3.63) is 0 Å². The van der Waals surface area contributed by atoms with Crippen LogP contribution in [0, 0.1) is 0 Å². The van der Waals surface area contributed by atoms with E-state index in [2.05, 4.69) is 0 Å². The Balaban J connectivity index is 3.47. The topological polar surface area (TPSA) is 57.5 Å². The molecule has 0 saturated carbocycles. The monoisotopic (exact) mass is 110 g/mol.